The lowest BCUT2D eigenvalue weighted by molar-refractivity contribution is -0.135. The van der Waals surface area contributed by atoms with Gasteiger partial charge in [-0.3, -0.25) is 9.69 Å². The SMILES string of the molecule is CC(C)(C)S(=O)N1C(C(=O)N2CCN(c3nc(OC[C@@]45CCCN4CC(F)C5)nc4c(F)c(-c5ccc(F)c6sc(N)nc56)c(Cl)cc34)CC(F)(F)C2)C1C1CC1. The first kappa shape index (κ1) is 39.0. The van der Waals surface area contributed by atoms with Crippen molar-refractivity contribution in [3.63, 3.8) is 0 Å². The van der Waals surface area contributed by atoms with E-state index in [0.29, 0.717) is 13.0 Å². The van der Waals surface area contributed by atoms with E-state index in [9.17, 15) is 17.8 Å². The van der Waals surface area contributed by atoms with Gasteiger partial charge in [-0.1, -0.05) is 22.9 Å². The summed E-state index contributed by atoms with van der Waals surface area (Å²) in [4.78, 5) is 31.7. The van der Waals surface area contributed by atoms with E-state index in [2.05, 4.69) is 15.0 Å². The predicted octanol–water partition coefficient (Wildman–Crippen LogP) is 6.58. The van der Waals surface area contributed by atoms with Crippen LogP contribution in [-0.4, -0.2) is 120 Å². The number of carbonyl (C=O) groups excluding carboxylic acids is 1. The topological polar surface area (TPSA) is 121 Å². The highest BCUT2D eigenvalue weighted by Gasteiger charge is 2.64. The highest BCUT2D eigenvalue weighted by molar-refractivity contribution is 7.84. The van der Waals surface area contributed by atoms with Gasteiger partial charge in [-0.25, -0.2) is 35.5 Å². The summed E-state index contributed by atoms with van der Waals surface area (Å²) in [5.74, 6) is -5.39. The summed E-state index contributed by atoms with van der Waals surface area (Å²) in [6, 6.07) is 2.54. The Hall–Kier alpha value is -3.45. The van der Waals surface area contributed by atoms with Crippen LogP contribution < -0.4 is 15.4 Å². The Morgan fingerprint density at radius 2 is 1.88 bits per heavy atom. The van der Waals surface area contributed by atoms with Gasteiger partial charge in [0.25, 0.3) is 5.92 Å². The Morgan fingerprint density at radius 3 is 2.61 bits per heavy atom. The number of ether oxygens (including phenoxy) is 1. The predicted molar refractivity (Wildman–Crippen MR) is 210 cm³/mol. The molecule has 4 saturated heterocycles. The van der Waals surface area contributed by atoms with Gasteiger partial charge in [0.2, 0.25) is 5.91 Å². The van der Waals surface area contributed by atoms with E-state index in [-0.39, 0.29) is 98.9 Å². The van der Waals surface area contributed by atoms with Crippen LogP contribution >= 0.6 is 22.9 Å². The molecule has 2 aromatic carbocycles. The number of fused-ring (bicyclic) bond motifs is 3. The molecule has 5 unspecified atom stereocenters. The van der Waals surface area contributed by atoms with Crippen LogP contribution in [0.1, 0.15) is 52.9 Å². The Labute approximate surface area is 337 Å². The second-order valence-corrected chi connectivity index (χ2v) is 20.6. The fraction of sp³-hybridized carbons (Fsp3) is 0.579. The third-order valence-corrected chi connectivity index (χ3v) is 14.9. The highest BCUT2D eigenvalue weighted by atomic mass is 35.5. The zero-order chi connectivity index (χ0) is 40.3. The first-order chi connectivity index (χ1) is 26.9. The minimum absolute atomic E-state index is 0.00779. The first-order valence-electron chi connectivity index (χ1n) is 19.1. The van der Waals surface area contributed by atoms with Crippen molar-refractivity contribution >= 4 is 71.9 Å². The molecule has 1 aliphatic carbocycles. The molecule has 4 aromatic rings. The van der Waals surface area contributed by atoms with Crippen LogP contribution in [0, 0.1) is 17.6 Å². The summed E-state index contributed by atoms with van der Waals surface area (Å²) in [5.41, 5.74) is 5.08. The molecule has 9 rings (SSSR count). The lowest BCUT2D eigenvalue weighted by Gasteiger charge is -2.31. The van der Waals surface area contributed by atoms with Gasteiger partial charge in [0.15, 0.2) is 10.9 Å². The molecule has 19 heteroatoms. The molecule has 0 radical (unpaired) electrons. The van der Waals surface area contributed by atoms with Crippen molar-refractivity contribution in [3.8, 4) is 17.1 Å². The van der Waals surface area contributed by atoms with Gasteiger partial charge in [-0.05, 0) is 77.1 Å². The van der Waals surface area contributed by atoms with Crippen molar-refractivity contribution in [2.75, 3.05) is 56.5 Å². The molecule has 6 heterocycles. The zero-order valence-electron chi connectivity index (χ0n) is 31.5. The second kappa shape index (κ2) is 13.8. The third-order valence-electron chi connectivity index (χ3n) is 11.8. The maximum atomic E-state index is 17.1. The Balaban J connectivity index is 1.10. The van der Waals surface area contributed by atoms with Crippen molar-refractivity contribution < 1.29 is 35.7 Å². The molecule has 57 heavy (non-hydrogen) atoms. The summed E-state index contributed by atoms with van der Waals surface area (Å²) >= 11 is 7.70. The summed E-state index contributed by atoms with van der Waals surface area (Å²) < 4.78 is 99.4. The van der Waals surface area contributed by atoms with Gasteiger partial charge in [0.05, 0.1) is 44.7 Å². The Kier molecular flexibility index (Phi) is 9.46. The maximum absolute atomic E-state index is 17.1. The largest absolute Gasteiger partial charge is 0.461 e. The van der Waals surface area contributed by atoms with Crippen molar-refractivity contribution in [2.45, 2.75) is 87.3 Å². The average molecular weight is 853 g/mol. The van der Waals surface area contributed by atoms with E-state index < -0.39 is 70.0 Å². The van der Waals surface area contributed by atoms with Crippen LogP contribution in [0.15, 0.2) is 18.2 Å². The van der Waals surface area contributed by atoms with E-state index in [1.54, 1.807) is 4.31 Å². The number of thiazole rings is 1. The number of nitrogens with zero attached hydrogens (tertiary/aromatic N) is 7. The van der Waals surface area contributed by atoms with Gasteiger partial charge in [-0.15, -0.1) is 0 Å². The summed E-state index contributed by atoms with van der Waals surface area (Å²) in [5, 5.41) is -0.0664. The number of benzene rings is 2. The number of rotatable bonds is 8. The van der Waals surface area contributed by atoms with Crippen LogP contribution in [0.3, 0.4) is 0 Å². The molecule has 11 nitrogen and oxygen atoms in total. The average Bonchev–Trinajstić information content (AvgIpc) is 4.01. The van der Waals surface area contributed by atoms with Crippen molar-refractivity contribution in [1.82, 2.24) is 29.1 Å². The van der Waals surface area contributed by atoms with Gasteiger partial charge in [0, 0.05) is 42.6 Å². The number of nitrogens with two attached hydrogens (primary N) is 1. The molecule has 1 amide bonds. The van der Waals surface area contributed by atoms with E-state index >= 15 is 13.2 Å². The Bertz CT molecular complexity index is 2330. The van der Waals surface area contributed by atoms with Crippen LogP contribution in [0.2, 0.25) is 5.02 Å². The van der Waals surface area contributed by atoms with Crippen LogP contribution in [-0.2, 0) is 15.8 Å². The fourth-order valence-electron chi connectivity index (χ4n) is 9.03. The van der Waals surface area contributed by atoms with Crippen molar-refractivity contribution in [2.24, 2.45) is 5.92 Å². The number of nitrogen functional groups attached to an aromatic ring is 1. The molecule has 5 aliphatic rings. The number of anilines is 2. The van der Waals surface area contributed by atoms with Gasteiger partial charge in [0.1, 0.15) is 47.0 Å². The van der Waals surface area contributed by atoms with Gasteiger partial charge in [-0.2, -0.15) is 9.97 Å². The molecular formula is C38H42ClF5N8O3S2. The molecule has 5 fully saturated rings. The molecule has 306 valence electrons. The number of hydrogen-bond acceptors (Lipinski definition) is 10. The maximum Gasteiger partial charge on any atom is 0.319 e. The molecule has 2 aromatic heterocycles. The number of alkyl halides is 3. The molecule has 2 N–H and O–H groups in total. The summed E-state index contributed by atoms with van der Waals surface area (Å²) in [7, 11) is -1.50. The normalized spacial score (nSPS) is 28.2. The number of hydrogen-bond donors (Lipinski definition) is 1. The van der Waals surface area contributed by atoms with E-state index in [1.807, 2.05) is 25.7 Å². The summed E-state index contributed by atoms with van der Waals surface area (Å²) in [6.07, 6.45) is 2.49. The van der Waals surface area contributed by atoms with Crippen LogP contribution in [0.25, 0.3) is 32.2 Å². The lowest BCUT2D eigenvalue weighted by Crippen LogP contribution is -2.44. The second-order valence-electron chi connectivity index (χ2n) is 17.0. The van der Waals surface area contributed by atoms with Gasteiger partial charge >= 0.3 is 6.01 Å². The zero-order valence-corrected chi connectivity index (χ0v) is 33.9. The number of amides is 1. The first-order valence-corrected chi connectivity index (χ1v) is 21.4. The van der Waals surface area contributed by atoms with Crippen molar-refractivity contribution in [3.05, 3.63) is 34.9 Å². The molecule has 0 spiro atoms. The lowest BCUT2D eigenvalue weighted by atomic mass is 9.95. The van der Waals surface area contributed by atoms with E-state index in [4.69, 9.17) is 22.1 Å². The molecule has 4 aliphatic heterocycles. The standard InChI is InChI=1S/C38H42ClF5N8O3S2/c1-36(2,3)57(54)52-29(19-5-6-19)30(52)33(53)50-12-11-49(16-38(43,44)17-50)32-22-13-23(39)25(21-7-8-24(41)31-28(21)46-34(45)56-31)26(42)27(22)47-35(48-32)55-18-37-9-4-10-51(37)15-20(40)14-37/h7-8,13,19-20,29-30H,4-6,9-12,14-18H2,1-3H3,(H2,45,46)/t20?,29?,30?,37-,52?,57?/m0/s1. The summed E-state index contributed by atoms with van der Waals surface area (Å²) in [6.45, 7) is 4.41. The minimum atomic E-state index is -3.45. The quantitative estimate of drug-likeness (QED) is 0.155. The fourth-order valence-corrected chi connectivity index (χ4v) is 11.6. The minimum Gasteiger partial charge on any atom is -0.461 e. The van der Waals surface area contributed by atoms with Crippen LogP contribution in [0.5, 0.6) is 6.01 Å². The molecule has 1 saturated carbocycles. The highest BCUT2D eigenvalue weighted by Crippen LogP contribution is 2.50. The Morgan fingerprint density at radius 1 is 1.11 bits per heavy atom. The molecule has 0 bridgehead atoms. The molecule has 6 atom stereocenters. The van der Waals surface area contributed by atoms with Gasteiger partial charge < -0.3 is 20.3 Å². The molecular weight excluding hydrogens is 811 g/mol. The van der Waals surface area contributed by atoms with Crippen LogP contribution in [0.4, 0.5) is 32.9 Å². The number of aromatic nitrogens is 3. The third kappa shape index (κ3) is 6.90. The number of carbonyl (C=O) groups is 1. The monoisotopic (exact) mass is 852 g/mol. The number of halogens is 6. The van der Waals surface area contributed by atoms with E-state index in [1.165, 1.54) is 17.0 Å². The van der Waals surface area contributed by atoms with Crippen molar-refractivity contribution in [1.29, 1.82) is 0 Å². The van der Waals surface area contributed by atoms with E-state index in [0.717, 1.165) is 41.6 Å². The smallest absolute Gasteiger partial charge is 0.319 e.